The monoisotopic (exact) mass is 270 g/mol. The van der Waals surface area contributed by atoms with Gasteiger partial charge in [0.25, 0.3) is 5.91 Å². The summed E-state index contributed by atoms with van der Waals surface area (Å²) < 4.78 is 13.0. The zero-order valence-corrected chi connectivity index (χ0v) is 11.0. The molecule has 0 unspecified atom stereocenters. The normalized spacial score (nSPS) is 23.8. The predicted molar refractivity (Wildman–Crippen MR) is 69.6 cm³/mol. The number of carbonyl (C=O) groups excluding carboxylic acids is 1. The fourth-order valence-electron chi connectivity index (χ4n) is 1.95. The van der Waals surface area contributed by atoms with E-state index in [4.69, 9.17) is 5.73 Å². The van der Waals surface area contributed by atoms with Gasteiger partial charge in [-0.2, -0.15) is 0 Å². The highest BCUT2D eigenvalue weighted by atomic mass is 32.2. The summed E-state index contributed by atoms with van der Waals surface area (Å²) >= 11 is 0. The highest BCUT2D eigenvalue weighted by molar-refractivity contribution is 7.85. The molecule has 1 aliphatic rings. The summed E-state index contributed by atoms with van der Waals surface area (Å²) in [6, 6.07) is 0.120. The highest BCUT2D eigenvalue weighted by Gasteiger charge is 2.20. The van der Waals surface area contributed by atoms with Gasteiger partial charge < -0.3 is 15.6 Å². The summed E-state index contributed by atoms with van der Waals surface area (Å²) in [4.78, 5) is 16.0. The molecule has 0 aromatic carbocycles. The van der Waals surface area contributed by atoms with Crippen LogP contribution >= 0.6 is 0 Å². The van der Waals surface area contributed by atoms with Gasteiger partial charge in [-0.3, -0.25) is 9.00 Å². The van der Waals surface area contributed by atoms with Gasteiger partial charge >= 0.3 is 0 Å². The summed E-state index contributed by atoms with van der Waals surface area (Å²) in [5.74, 6) is 1.18. The summed E-state index contributed by atoms with van der Waals surface area (Å²) in [6.45, 7) is 1.18. The van der Waals surface area contributed by atoms with Crippen LogP contribution in [-0.4, -0.2) is 43.8 Å². The molecule has 0 aliphatic carbocycles. The smallest absolute Gasteiger partial charge is 0.271 e. The van der Waals surface area contributed by atoms with Crippen LogP contribution in [0.3, 0.4) is 0 Å². The SMILES string of the molecule is NCCn1cnc(C(=O)NC2CCS(=O)CC2)c1. The second-order valence-electron chi connectivity index (χ2n) is 4.38. The molecule has 1 aliphatic heterocycles. The summed E-state index contributed by atoms with van der Waals surface area (Å²) in [5, 5.41) is 2.93. The lowest BCUT2D eigenvalue weighted by Crippen LogP contribution is -2.39. The van der Waals surface area contributed by atoms with Crippen LogP contribution in [0.5, 0.6) is 0 Å². The molecule has 6 nitrogen and oxygen atoms in total. The average molecular weight is 270 g/mol. The van der Waals surface area contributed by atoms with E-state index in [1.165, 1.54) is 0 Å². The first-order valence-corrected chi connectivity index (χ1v) is 7.55. The Labute approximate surface area is 108 Å². The van der Waals surface area contributed by atoms with Crippen LogP contribution in [0.15, 0.2) is 12.5 Å². The number of aromatic nitrogens is 2. The fourth-order valence-corrected chi connectivity index (χ4v) is 3.25. The molecule has 0 radical (unpaired) electrons. The molecule has 100 valence electrons. The first-order valence-electron chi connectivity index (χ1n) is 6.06. The number of amides is 1. The maximum absolute atomic E-state index is 11.9. The Morgan fingerprint density at radius 1 is 1.56 bits per heavy atom. The molecule has 2 rings (SSSR count). The topological polar surface area (TPSA) is 90.0 Å². The summed E-state index contributed by atoms with van der Waals surface area (Å²) in [5.41, 5.74) is 5.84. The Morgan fingerprint density at radius 2 is 2.28 bits per heavy atom. The van der Waals surface area contributed by atoms with E-state index in [0.717, 1.165) is 12.8 Å². The largest absolute Gasteiger partial charge is 0.348 e. The predicted octanol–water partition coefficient (Wildman–Crippen LogP) is -0.517. The molecule has 0 spiro atoms. The Kier molecular flexibility index (Phi) is 4.48. The number of hydrogen-bond acceptors (Lipinski definition) is 4. The lowest BCUT2D eigenvalue weighted by atomic mass is 10.1. The van der Waals surface area contributed by atoms with Crippen molar-refractivity contribution in [1.29, 1.82) is 0 Å². The molecule has 0 bridgehead atoms. The van der Waals surface area contributed by atoms with E-state index in [1.807, 2.05) is 0 Å². The minimum Gasteiger partial charge on any atom is -0.348 e. The van der Waals surface area contributed by atoms with Gasteiger partial charge in [0, 0.05) is 47.6 Å². The lowest BCUT2D eigenvalue weighted by molar-refractivity contribution is 0.0930. The van der Waals surface area contributed by atoms with Crippen LogP contribution in [-0.2, 0) is 17.3 Å². The number of rotatable bonds is 4. The zero-order chi connectivity index (χ0) is 13.0. The quantitative estimate of drug-likeness (QED) is 0.770. The van der Waals surface area contributed by atoms with Gasteiger partial charge in [0.05, 0.1) is 6.33 Å². The van der Waals surface area contributed by atoms with Gasteiger partial charge in [-0.1, -0.05) is 0 Å². The standard InChI is InChI=1S/C11H18N4O2S/c12-3-4-15-7-10(13-8-15)11(16)14-9-1-5-18(17)6-2-9/h7-9H,1-6,12H2,(H,14,16). The van der Waals surface area contributed by atoms with E-state index < -0.39 is 10.8 Å². The van der Waals surface area contributed by atoms with Crippen molar-refractivity contribution in [2.45, 2.75) is 25.4 Å². The third-order valence-electron chi connectivity index (χ3n) is 2.98. The average Bonchev–Trinajstić information content (AvgIpc) is 2.81. The minimum absolute atomic E-state index is 0.120. The summed E-state index contributed by atoms with van der Waals surface area (Å²) in [7, 11) is -0.704. The minimum atomic E-state index is -0.704. The molecular weight excluding hydrogens is 252 g/mol. The molecule has 7 heteroatoms. The van der Waals surface area contributed by atoms with Gasteiger partial charge in [0.2, 0.25) is 0 Å². The number of carbonyl (C=O) groups is 1. The number of hydrogen-bond donors (Lipinski definition) is 2. The van der Waals surface area contributed by atoms with Crippen LogP contribution in [0.2, 0.25) is 0 Å². The maximum Gasteiger partial charge on any atom is 0.271 e. The number of imidazole rings is 1. The Balaban J connectivity index is 1.88. The Hall–Kier alpha value is -1.21. The Bertz CT molecular complexity index is 436. The van der Waals surface area contributed by atoms with E-state index in [9.17, 15) is 9.00 Å². The van der Waals surface area contributed by atoms with Crippen molar-refractivity contribution >= 4 is 16.7 Å². The third kappa shape index (κ3) is 3.39. The Morgan fingerprint density at radius 3 is 2.94 bits per heavy atom. The van der Waals surface area contributed by atoms with E-state index >= 15 is 0 Å². The molecule has 1 fully saturated rings. The van der Waals surface area contributed by atoms with Crippen molar-refractivity contribution in [2.75, 3.05) is 18.1 Å². The van der Waals surface area contributed by atoms with Crippen molar-refractivity contribution in [3.63, 3.8) is 0 Å². The van der Waals surface area contributed by atoms with Crippen LogP contribution in [0.1, 0.15) is 23.3 Å². The van der Waals surface area contributed by atoms with E-state index in [0.29, 0.717) is 30.3 Å². The zero-order valence-electron chi connectivity index (χ0n) is 10.2. The fraction of sp³-hybridized carbons (Fsp3) is 0.636. The van der Waals surface area contributed by atoms with Crippen molar-refractivity contribution in [3.05, 3.63) is 18.2 Å². The maximum atomic E-state index is 11.9. The van der Waals surface area contributed by atoms with Crippen LogP contribution < -0.4 is 11.1 Å². The molecule has 1 aromatic heterocycles. The second kappa shape index (κ2) is 6.10. The second-order valence-corrected chi connectivity index (χ2v) is 6.08. The number of nitrogens with zero attached hydrogens (tertiary/aromatic N) is 2. The van der Waals surface area contributed by atoms with Gasteiger partial charge in [-0.25, -0.2) is 4.98 Å². The van der Waals surface area contributed by atoms with Crippen LogP contribution in [0.4, 0.5) is 0 Å². The molecule has 1 saturated heterocycles. The molecule has 0 saturated carbocycles. The van der Waals surface area contributed by atoms with Gasteiger partial charge in [-0.15, -0.1) is 0 Å². The summed E-state index contributed by atoms with van der Waals surface area (Å²) in [6.07, 6.45) is 4.87. The molecule has 2 heterocycles. The van der Waals surface area contributed by atoms with Crippen LogP contribution in [0.25, 0.3) is 0 Å². The van der Waals surface area contributed by atoms with E-state index in [1.54, 1.807) is 17.1 Å². The highest BCUT2D eigenvalue weighted by Crippen LogP contribution is 2.09. The van der Waals surface area contributed by atoms with Crippen molar-refractivity contribution in [1.82, 2.24) is 14.9 Å². The van der Waals surface area contributed by atoms with Crippen LogP contribution in [0, 0.1) is 0 Å². The van der Waals surface area contributed by atoms with Crippen molar-refractivity contribution < 1.29 is 9.00 Å². The first-order chi connectivity index (χ1) is 8.69. The number of nitrogens with two attached hydrogens (primary N) is 1. The molecule has 18 heavy (non-hydrogen) atoms. The van der Waals surface area contributed by atoms with Crippen molar-refractivity contribution in [3.8, 4) is 0 Å². The molecule has 1 aromatic rings. The molecular formula is C11H18N4O2S. The van der Waals surface area contributed by atoms with Gasteiger partial charge in [0.1, 0.15) is 5.69 Å². The van der Waals surface area contributed by atoms with E-state index in [2.05, 4.69) is 10.3 Å². The molecule has 1 amide bonds. The number of nitrogens with one attached hydrogen (secondary N) is 1. The van der Waals surface area contributed by atoms with E-state index in [-0.39, 0.29) is 11.9 Å². The van der Waals surface area contributed by atoms with Gasteiger partial charge in [-0.05, 0) is 12.8 Å². The molecule has 0 atom stereocenters. The third-order valence-corrected chi connectivity index (χ3v) is 4.36. The first kappa shape index (κ1) is 13.2. The lowest BCUT2D eigenvalue weighted by Gasteiger charge is -2.21. The molecule has 3 N–H and O–H groups in total. The van der Waals surface area contributed by atoms with Gasteiger partial charge in [0.15, 0.2) is 0 Å². The van der Waals surface area contributed by atoms with Crippen molar-refractivity contribution in [2.24, 2.45) is 5.73 Å².